The van der Waals surface area contributed by atoms with Crippen LogP contribution in [0.25, 0.3) is 10.8 Å². The molecule has 4 rings (SSSR count). The minimum Gasteiger partial charge on any atom is -0.334 e. The van der Waals surface area contributed by atoms with Crippen molar-refractivity contribution in [2.24, 2.45) is 0 Å². The monoisotopic (exact) mass is 391 g/mol. The van der Waals surface area contributed by atoms with Crippen LogP contribution in [-0.4, -0.2) is 14.9 Å². The van der Waals surface area contributed by atoms with Crippen LogP contribution in [0.5, 0.6) is 0 Å². The summed E-state index contributed by atoms with van der Waals surface area (Å²) in [5, 5.41) is 20.3. The van der Waals surface area contributed by atoms with Crippen LogP contribution in [-0.2, 0) is 0 Å². The quantitative estimate of drug-likeness (QED) is 0.336. The van der Waals surface area contributed by atoms with Crippen molar-refractivity contribution in [1.29, 1.82) is 0 Å². The van der Waals surface area contributed by atoms with Gasteiger partial charge in [0.25, 0.3) is 0 Å². The van der Waals surface area contributed by atoms with E-state index in [0.717, 1.165) is 16.5 Å². The maximum Gasteiger partial charge on any atom is 0.353 e. The fourth-order valence-electron chi connectivity index (χ4n) is 2.87. The van der Waals surface area contributed by atoms with Crippen LogP contribution in [0.4, 0.5) is 28.7 Å². The second-order valence-corrected chi connectivity index (χ2v) is 6.40. The Hall–Kier alpha value is -3.71. The Bertz CT molecular complexity index is 1160. The Morgan fingerprint density at radius 2 is 1.54 bits per heavy atom. The minimum absolute atomic E-state index is 0.0880. The third-order valence-electron chi connectivity index (χ3n) is 4.15. The van der Waals surface area contributed by atoms with Crippen LogP contribution in [0.15, 0.2) is 73.1 Å². The molecule has 2 N–H and O–H groups in total. The molecule has 0 radical (unpaired) electrons. The highest BCUT2D eigenvalue weighted by molar-refractivity contribution is 6.30. The van der Waals surface area contributed by atoms with E-state index >= 15 is 0 Å². The molecule has 0 aliphatic heterocycles. The largest absolute Gasteiger partial charge is 0.353 e. The lowest BCUT2D eigenvalue weighted by atomic mass is 10.1. The number of halogens is 1. The fraction of sp³-hybridized carbons (Fsp3) is 0. The van der Waals surface area contributed by atoms with Crippen LogP contribution >= 0.6 is 11.6 Å². The Morgan fingerprint density at radius 1 is 0.857 bits per heavy atom. The zero-order valence-corrected chi connectivity index (χ0v) is 15.2. The normalized spacial score (nSPS) is 10.6. The number of fused-ring (bicyclic) bond motifs is 1. The van der Waals surface area contributed by atoms with Gasteiger partial charge in [-0.15, -0.1) is 0 Å². The molecule has 0 bridgehead atoms. The van der Waals surface area contributed by atoms with Crippen molar-refractivity contribution >= 4 is 51.1 Å². The summed E-state index contributed by atoms with van der Waals surface area (Å²) >= 11 is 5.89. The van der Waals surface area contributed by atoms with Crippen LogP contribution in [0.1, 0.15) is 0 Å². The smallest absolute Gasteiger partial charge is 0.334 e. The zero-order valence-electron chi connectivity index (χ0n) is 14.5. The molecular weight excluding hydrogens is 378 g/mol. The summed E-state index contributed by atoms with van der Waals surface area (Å²) in [5.41, 5.74) is 1.10. The summed E-state index contributed by atoms with van der Waals surface area (Å²) in [6.45, 7) is 0. The van der Waals surface area contributed by atoms with Crippen LogP contribution < -0.4 is 10.6 Å². The van der Waals surface area contributed by atoms with E-state index in [9.17, 15) is 10.1 Å². The van der Waals surface area contributed by atoms with E-state index in [-0.39, 0.29) is 17.3 Å². The lowest BCUT2D eigenvalue weighted by molar-refractivity contribution is -0.383. The number of hydrogen-bond acceptors (Lipinski definition) is 6. The molecule has 0 fully saturated rings. The van der Waals surface area contributed by atoms with Gasteiger partial charge in [-0.2, -0.15) is 0 Å². The Kier molecular flexibility index (Phi) is 4.74. The van der Waals surface area contributed by atoms with Gasteiger partial charge < -0.3 is 10.6 Å². The first-order valence-electron chi connectivity index (χ1n) is 8.38. The Morgan fingerprint density at radius 3 is 2.29 bits per heavy atom. The molecule has 1 aromatic heterocycles. The third-order valence-corrected chi connectivity index (χ3v) is 4.41. The van der Waals surface area contributed by atoms with Gasteiger partial charge in [-0.1, -0.05) is 48.0 Å². The van der Waals surface area contributed by atoms with Crippen molar-refractivity contribution in [2.75, 3.05) is 10.6 Å². The molecule has 3 aromatic carbocycles. The molecule has 28 heavy (non-hydrogen) atoms. The van der Waals surface area contributed by atoms with Crippen LogP contribution in [0, 0.1) is 10.1 Å². The summed E-state index contributed by atoms with van der Waals surface area (Å²) in [7, 11) is 0. The Balaban J connectivity index is 1.74. The molecule has 4 aromatic rings. The second kappa shape index (κ2) is 7.50. The second-order valence-electron chi connectivity index (χ2n) is 5.96. The van der Waals surface area contributed by atoms with Crippen molar-refractivity contribution in [3.8, 4) is 0 Å². The molecule has 0 aliphatic rings. The molecule has 0 saturated carbocycles. The first-order valence-corrected chi connectivity index (χ1v) is 8.76. The highest BCUT2D eigenvalue weighted by atomic mass is 35.5. The highest BCUT2D eigenvalue weighted by Gasteiger charge is 2.23. The molecule has 0 saturated heterocycles. The number of nitro groups is 1. The van der Waals surface area contributed by atoms with Gasteiger partial charge in [0.2, 0.25) is 11.6 Å². The van der Waals surface area contributed by atoms with Gasteiger partial charge in [-0.3, -0.25) is 10.1 Å². The minimum atomic E-state index is -0.508. The number of nitrogens with zero attached hydrogens (tertiary/aromatic N) is 3. The van der Waals surface area contributed by atoms with Crippen molar-refractivity contribution in [2.45, 2.75) is 0 Å². The molecule has 0 atom stereocenters. The van der Waals surface area contributed by atoms with Crippen molar-refractivity contribution < 1.29 is 4.92 Å². The molecule has 7 nitrogen and oxygen atoms in total. The van der Waals surface area contributed by atoms with E-state index in [1.807, 2.05) is 42.5 Å². The predicted molar refractivity (Wildman–Crippen MR) is 111 cm³/mol. The van der Waals surface area contributed by atoms with Crippen molar-refractivity contribution in [3.05, 3.63) is 88.2 Å². The summed E-state index contributed by atoms with van der Waals surface area (Å²) in [6.07, 6.45) is 1.28. The molecule has 1 heterocycles. The topological polar surface area (TPSA) is 93.0 Å². The number of hydrogen-bond donors (Lipinski definition) is 2. The van der Waals surface area contributed by atoms with E-state index in [1.54, 1.807) is 24.3 Å². The van der Waals surface area contributed by atoms with Gasteiger partial charge in [-0.25, -0.2) is 9.97 Å². The predicted octanol–water partition coefficient (Wildman–Crippen LogP) is 5.68. The average molecular weight is 392 g/mol. The third kappa shape index (κ3) is 3.56. The number of anilines is 4. The lowest BCUT2D eigenvalue weighted by Crippen LogP contribution is -2.05. The van der Waals surface area contributed by atoms with Crippen molar-refractivity contribution in [1.82, 2.24) is 9.97 Å². The molecule has 138 valence electrons. The number of aromatic nitrogens is 2. The summed E-state index contributed by atoms with van der Waals surface area (Å²) in [6, 6.07) is 20.3. The summed E-state index contributed by atoms with van der Waals surface area (Å²) in [5.74, 6) is 0.192. The average Bonchev–Trinajstić information content (AvgIpc) is 2.70. The molecule has 0 spiro atoms. The van der Waals surface area contributed by atoms with E-state index in [1.165, 1.54) is 6.33 Å². The van der Waals surface area contributed by atoms with Gasteiger partial charge >= 0.3 is 5.69 Å². The number of rotatable bonds is 5. The van der Waals surface area contributed by atoms with Crippen LogP contribution in [0.3, 0.4) is 0 Å². The van der Waals surface area contributed by atoms with Gasteiger partial charge in [0.1, 0.15) is 6.33 Å². The van der Waals surface area contributed by atoms with E-state index in [4.69, 9.17) is 11.6 Å². The molecule has 0 aliphatic carbocycles. The van der Waals surface area contributed by atoms with E-state index in [2.05, 4.69) is 20.6 Å². The van der Waals surface area contributed by atoms with Gasteiger partial charge in [0.05, 0.1) is 4.92 Å². The number of nitrogens with one attached hydrogen (secondary N) is 2. The van der Waals surface area contributed by atoms with Crippen molar-refractivity contribution in [3.63, 3.8) is 0 Å². The SMILES string of the molecule is O=[N+]([O-])c1c(Nc2ccc(Cl)cc2)ncnc1Nc1cccc2ccccc12. The standard InChI is InChI=1S/C20H14ClN5O2/c21-14-8-10-15(11-9-14)24-19-18(26(27)28)20(23-12-22-19)25-17-7-3-5-13-4-1-2-6-16(13)17/h1-12H,(H2,22,23,24,25). The van der Waals surface area contributed by atoms with Crippen LogP contribution in [0.2, 0.25) is 5.02 Å². The lowest BCUT2D eigenvalue weighted by Gasteiger charge is -2.12. The first-order chi connectivity index (χ1) is 13.6. The highest BCUT2D eigenvalue weighted by Crippen LogP contribution is 2.34. The van der Waals surface area contributed by atoms with E-state index in [0.29, 0.717) is 10.7 Å². The number of benzene rings is 3. The molecule has 8 heteroatoms. The van der Waals surface area contributed by atoms with E-state index < -0.39 is 4.92 Å². The Labute approximate surface area is 165 Å². The van der Waals surface area contributed by atoms with Gasteiger partial charge in [0.15, 0.2) is 0 Å². The fourth-order valence-corrected chi connectivity index (χ4v) is 2.99. The maximum absolute atomic E-state index is 11.8. The molecular formula is C20H14ClN5O2. The first kappa shape index (κ1) is 17.7. The summed E-state index contributed by atoms with van der Waals surface area (Å²) < 4.78 is 0. The summed E-state index contributed by atoms with van der Waals surface area (Å²) in [4.78, 5) is 19.4. The zero-order chi connectivity index (χ0) is 19.5. The maximum atomic E-state index is 11.8. The van der Waals surface area contributed by atoms with Gasteiger partial charge in [0, 0.05) is 21.8 Å². The molecule has 0 unspecified atom stereocenters. The van der Waals surface area contributed by atoms with Gasteiger partial charge in [-0.05, 0) is 35.7 Å². The molecule has 0 amide bonds.